The van der Waals surface area contributed by atoms with Crippen LogP contribution in [0.4, 0.5) is 4.39 Å². The molecule has 0 unspecified atom stereocenters. The molecular weight excluding hydrogens is 175 g/mol. The third kappa shape index (κ3) is 2.85. The van der Waals surface area contributed by atoms with Gasteiger partial charge in [0, 0.05) is 11.0 Å². The fourth-order valence-corrected chi connectivity index (χ4v) is 1.55. The summed E-state index contributed by atoms with van der Waals surface area (Å²) in [7, 11) is 0. The Bertz CT molecular complexity index is 201. The fraction of sp³-hybridized carbons (Fsp3) is 0.625. The molecule has 0 bridgehead atoms. The van der Waals surface area contributed by atoms with Crippen molar-refractivity contribution in [3.8, 4) is 0 Å². The van der Waals surface area contributed by atoms with Crippen molar-refractivity contribution in [2.75, 3.05) is 0 Å². The number of allylic oxidation sites excluding steroid dienone is 1. The van der Waals surface area contributed by atoms with E-state index in [0.29, 0.717) is 0 Å². The molecular formula is C8H13FN2S. The molecule has 1 heterocycles. The second-order valence-electron chi connectivity index (χ2n) is 2.71. The van der Waals surface area contributed by atoms with Crippen LogP contribution in [0.1, 0.15) is 32.6 Å². The Morgan fingerprint density at radius 1 is 1.58 bits per heavy atom. The van der Waals surface area contributed by atoms with Crippen molar-refractivity contribution in [2.45, 2.75) is 32.6 Å². The van der Waals surface area contributed by atoms with Crippen LogP contribution in [0, 0.1) is 0 Å². The van der Waals surface area contributed by atoms with E-state index in [2.05, 4.69) is 16.9 Å². The molecule has 1 rings (SSSR count). The molecule has 0 saturated heterocycles. The Hall–Kier alpha value is -0.510. The van der Waals surface area contributed by atoms with Gasteiger partial charge in [-0.2, -0.15) is 4.39 Å². The first kappa shape index (κ1) is 9.58. The highest BCUT2D eigenvalue weighted by Crippen LogP contribution is 2.18. The molecule has 0 fully saturated rings. The summed E-state index contributed by atoms with van der Waals surface area (Å²) in [4.78, 5) is 2.51. The van der Waals surface area contributed by atoms with Crippen molar-refractivity contribution in [2.24, 2.45) is 5.10 Å². The lowest BCUT2D eigenvalue weighted by molar-refractivity contribution is 0.703. The smallest absolute Gasteiger partial charge is 0.235 e. The third-order valence-electron chi connectivity index (χ3n) is 1.71. The number of halogens is 1. The van der Waals surface area contributed by atoms with Crippen LogP contribution in [0.2, 0.25) is 0 Å². The van der Waals surface area contributed by atoms with Crippen LogP contribution >= 0.6 is 11.9 Å². The maximum absolute atomic E-state index is 12.9. The summed E-state index contributed by atoms with van der Waals surface area (Å²) in [5, 5.41) is 5.27. The van der Waals surface area contributed by atoms with Gasteiger partial charge in [-0.3, -0.25) is 0 Å². The van der Waals surface area contributed by atoms with Gasteiger partial charge < -0.3 is 0 Å². The molecule has 0 radical (unpaired) electrons. The normalized spacial score (nSPS) is 16.5. The van der Waals surface area contributed by atoms with Gasteiger partial charge in [0.25, 0.3) is 0 Å². The molecule has 1 N–H and O–H groups in total. The predicted octanol–water partition coefficient (Wildman–Crippen LogP) is 2.99. The van der Waals surface area contributed by atoms with Gasteiger partial charge in [0.05, 0.1) is 0 Å². The van der Waals surface area contributed by atoms with Crippen LogP contribution in [0.3, 0.4) is 0 Å². The van der Waals surface area contributed by atoms with Crippen molar-refractivity contribution in [1.82, 2.24) is 4.83 Å². The lowest BCUT2D eigenvalue weighted by Gasteiger charge is -2.07. The van der Waals surface area contributed by atoms with E-state index >= 15 is 0 Å². The molecule has 0 aromatic heterocycles. The van der Waals surface area contributed by atoms with E-state index in [1.54, 1.807) is 5.41 Å². The van der Waals surface area contributed by atoms with Crippen LogP contribution in [0.5, 0.6) is 0 Å². The molecule has 0 atom stereocenters. The molecule has 2 nitrogen and oxygen atoms in total. The minimum Gasteiger partial charge on any atom is -0.245 e. The first-order chi connectivity index (χ1) is 5.84. The summed E-state index contributed by atoms with van der Waals surface area (Å²) in [6.07, 6.45) is 4.17. The van der Waals surface area contributed by atoms with Gasteiger partial charge in [-0.15, -0.1) is 5.10 Å². The standard InChI is InChI=1S/C8H13FN2S/c1-2-3-4-5-7-6-12-11-10-8(7)9/h6,11H,2-5H2,1H3. The molecule has 0 aromatic rings. The molecule has 68 valence electrons. The highest BCUT2D eigenvalue weighted by atomic mass is 32.2. The lowest BCUT2D eigenvalue weighted by Crippen LogP contribution is -2.06. The minimum atomic E-state index is -0.357. The Morgan fingerprint density at radius 3 is 3.08 bits per heavy atom. The molecule has 4 heteroatoms. The average Bonchev–Trinajstić information content (AvgIpc) is 2.09. The van der Waals surface area contributed by atoms with E-state index < -0.39 is 0 Å². The van der Waals surface area contributed by atoms with Gasteiger partial charge in [0.15, 0.2) is 0 Å². The zero-order valence-electron chi connectivity index (χ0n) is 7.14. The van der Waals surface area contributed by atoms with Crippen LogP contribution in [-0.2, 0) is 0 Å². The van der Waals surface area contributed by atoms with Crippen molar-refractivity contribution in [3.63, 3.8) is 0 Å². The van der Waals surface area contributed by atoms with Crippen molar-refractivity contribution >= 4 is 17.9 Å². The van der Waals surface area contributed by atoms with E-state index in [9.17, 15) is 4.39 Å². The number of hydrogen-bond acceptors (Lipinski definition) is 3. The molecule has 1 aliphatic rings. The Balaban J connectivity index is 2.31. The molecule has 0 saturated carbocycles. The SMILES string of the molecule is CCCCCC1=CSNN=C1F. The van der Waals surface area contributed by atoms with Crippen LogP contribution in [0.15, 0.2) is 16.1 Å². The van der Waals surface area contributed by atoms with Crippen molar-refractivity contribution in [1.29, 1.82) is 0 Å². The topological polar surface area (TPSA) is 24.4 Å². The second kappa shape index (κ2) is 5.19. The van der Waals surface area contributed by atoms with E-state index in [1.807, 2.05) is 0 Å². The molecule has 0 aromatic carbocycles. The summed E-state index contributed by atoms with van der Waals surface area (Å²) in [5.41, 5.74) is 0.729. The molecule has 1 aliphatic heterocycles. The Morgan fingerprint density at radius 2 is 2.42 bits per heavy atom. The first-order valence-electron chi connectivity index (χ1n) is 4.18. The maximum Gasteiger partial charge on any atom is 0.235 e. The van der Waals surface area contributed by atoms with Gasteiger partial charge in [-0.05, 0) is 24.8 Å². The average molecular weight is 188 g/mol. The van der Waals surface area contributed by atoms with Crippen LogP contribution < -0.4 is 4.83 Å². The van der Waals surface area contributed by atoms with E-state index in [1.165, 1.54) is 11.9 Å². The minimum absolute atomic E-state index is 0.357. The van der Waals surface area contributed by atoms with Gasteiger partial charge in [-0.25, -0.2) is 4.83 Å². The zero-order chi connectivity index (χ0) is 8.81. The van der Waals surface area contributed by atoms with Gasteiger partial charge in [-0.1, -0.05) is 19.8 Å². The zero-order valence-corrected chi connectivity index (χ0v) is 7.96. The number of nitrogens with one attached hydrogen (secondary N) is 1. The summed E-state index contributed by atoms with van der Waals surface area (Å²) in [6.45, 7) is 2.13. The van der Waals surface area contributed by atoms with Gasteiger partial charge >= 0.3 is 0 Å². The van der Waals surface area contributed by atoms with Gasteiger partial charge in [0.2, 0.25) is 5.97 Å². The molecule has 0 amide bonds. The maximum atomic E-state index is 12.9. The lowest BCUT2D eigenvalue weighted by atomic mass is 10.1. The highest BCUT2D eigenvalue weighted by Gasteiger charge is 2.09. The monoisotopic (exact) mass is 188 g/mol. The Labute approximate surface area is 76.4 Å². The van der Waals surface area contributed by atoms with Gasteiger partial charge in [0.1, 0.15) is 0 Å². The second-order valence-corrected chi connectivity index (χ2v) is 3.37. The van der Waals surface area contributed by atoms with Crippen molar-refractivity contribution < 1.29 is 4.39 Å². The van der Waals surface area contributed by atoms with E-state index in [4.69, 9.17) is 0 Å². The number of hydrogen-bond donors (Lipinski definition) is 1. The largest absolute Gasteiger partial charge is 0.245 e. The first-order valence-corrected chi connectivity index (χ1v) is 5.06. The predicted molar refractivity (Wildman–Crippen MR) is 51.5 cm³/mol. The quantitative estimate of drug-likeness (QED) is 0.541. The summed E-state index contributed by atoms with van der Waals surface area (Å²) < 4.78 is 12.9. The molecule has 12 heavy (non-hydrogen) atoms. The van der Waals surface area contributed by atoms with Crippen molar-refractivity contribution in [3.05, 3.63) is 11.0 Å². The number of unbranched alkanes of at least 4 members (excludes halogenated alkanes) is 2. The van der Waals surface area contributed by atoms with E-state index in [0.717, 1.165) is 31.3 Å². The van der Waals surface area contributed by atoms with Crippen LogP contribution in [-0.4, -0.2) is 5.97 Å². The summed E-state index contributed by atoms with van der Waals surface area (Å²) in [6, 6.07) is 0. The van der Waals surface area contributed by atoms with Crippen LogP contribution in [0.25, 0.3) is 0 Å². The number of hydrazone groups is 1. The summed E-state index contributed by atoms with van der Waals surface area (Å²) >= 11 is 1.33. The molecule has 0 spiro atoms. The Kier molecular flexibility index (Phi) is 4.14. The fourth-order valence-electron chi connectivity index (χ4n) is 1.01. The molecule has 0 aliphatic carbocycles. The number of rotatable bonds is 4. The number of nitrogens with zero attached hydrogens (tertiary/aromatic N) is 1. The third-order valence-corrected chi connectivity index (χ3v) is 2.31. The highest BCUT2D eigenvalue weighted by molar-refractivity contribution is 8.00. The van der Waals surface area contributed by atoms with E-state index in [-0.39, 0.29) is 5.97 Å². The summed E-state index contributed by atoms with van der Waals surface area (Å²) in [5.74, 6) is -0.357.